The molecule has 2 atom stereocenters. The molecule has 0 saturated heterocycles. The summed E-state index contributed by atoms with van der Waals surface area (Å²) in [6.45, 7) is 5.97. The van der Waals surface area contributed by atoms with Crippen molar-refractivity contribution in [1.82, 2.24) is 5.32 Å². The molecule has 0 spiro atoms. The molecular formula is C16H23NO4. The van der Waals surface area contributed by atoms with Gasteiger partial charge in [-0.1, -0.05) is 51.1 Å². The second-order valence-electron chi connectivity index (χ2n) is 5.63. The van der Waals surface area contributed by atoms with Crippen LogP contribution in [0.3, 0.4) is 0 Å². The Hall–Kier alpha value is -2.04. The molecule has 5 nitrogen and oxygen atoms in total. The Labute approximate surface area is 125 Å². The van der Waals surface area contributed by atoms with Crippen molar-refractivity contribution in [2.75, 3.05) is 0 Å². The number of carboxylic acids is 1. The van der Waals surface area contributed by atoms with Gasteiger partial charge in [0, 0.05) is 0 Å². The number of alkyl carbamates (subject to hydrolysis) is 1. The molecule has 1 amide bonds. The molecule has 0 aliphatic carbocycles. The first-order chi connectivity index (χ1) is 9.90. The number of amides is 1. The molecule has 5 heteroatoms. The van der Waals surface area contributed by atoms with Crippen LogP contribution in [0.4, 0.5) is 4.79 Å². The topological polar surface area (TPSA) is 75.6 Å². The summed E-state index contributed by atoms with van der Waals surface area (Å²) in [5.41, 5.74) is 0.856. The minimum Gasteiger partial charge on any atom is -0.480 e. The van der Waals surface area contributed by atoms with Gasteiger partial charge in [0.1, 0.15) is 12.6 Å². The van der Waals surface area contributed by atoms with Crippen molar-refractivity contribution in [1.29, 1.82) is 0 Å². The standard InChI is InChI=1S/C16H23NO4/c1-11(2)9-12(3)14(15(18)19)17-16(20)21-10-13-7-5-4-6-8-13/h4-8,11-12,14H,9-10H2,1-3H3,(H,17,20)(H,18,19). The van der Waals surface area contributed by atoms with Crippen LogP contribution in [0.2, 0.25) is 0 Å². The highest BCUT2D eigenvalue weighted by molar-refractivity contribution is 5.80. The van der Waals surface area contributed by atoms with E-state index in [2.05, 4.69) is 5.32 Å². The monoisotopic (exact) mass is 293 g/mol. The number of rotatable bonds is 7. The van der Waals surface area contributed by atoms with Gasteiger partial charge in [0.25, 0.3) is 0 Å². The second-order valence-corrected chi connectivity index (χ2v) is 5.63. The maximum absolute atomic E-state index is 11.7. The molecule has 0 aliphatic heterocycles. The van der Waals surface area contributed by atoms with Crippen molar-refractivity contribution < 1.29 is 19.4 Å². The van der Waals surface area contributed by atoms with E-state index in [9.17, 15) is 14.7 Å². The summed E-state index contributed by atoms with van der Waals surface area (Å²) >= 11 is 0. The van der Waals surface area contributed by atoms with Gasteiger partial charge in [-0.3, -0.25) is 0 Å². The Kier molecular flexibility index (Phi) is 6.72. The van der Waals surface area contributed by atoms with Crippen molar-refractivity contribution >= 4 is 12.1 Å². The lowest BCUT2D eigenvalue weighted by Crippen LogP contribution is -2.45. The van der Waals surface area contributed by atoms with Gasteiger partial charge in [0.15, 0.2) is 0 Å². The Morgan fingerprint density at radius 3 is 2.33 bits per heavy atom. The number of ether oxygens (including phenoxy) is 1. The molecule has 1 aromatic carbocycles. The fourth-order valence-electron chi connectivity index (χ4n) is 2.22. The first-order valence-corrected chi connectivity index (χ1v) is 7.10. The first kappa shape index (κ1) is 17.0. The molecule has 21 heavy (non-hydrogen) atoms. The van der Waals surface area contributed by atoms with Crippen molar-refractivity contribution in [3.05, 3.63) is 35.9 Å². The van der Waals surface area contributed by atoms with E-state index in [4.69, 9.17) is 4.74 Å². The van der Waals surface area contributed by atoms with E-state index in [1.807, 2.05) is 51.1 Å². The largest absolute Gasteiger partial charge is 0.480 e. The Balaban J connectivity index is 2.51. The van der Waals surface area contributed by atoms with E-state index < -0.39 is 18.1 Å². The van der Waals surface area contributed by atoms with E-state index in [-0.39, 0.29) is 12.5 Å². The van der Waals surface area contributed by atoms with Crippen LogP contribution in [0.15, 0.2) is 30.3 Å². The van der Waals surface area contributed by atoms with Crippen LogP contribution in [0.1, 0.15) is 32.8 Å². The van der Waals surface area contributed by atoms with Crippen molar-refractivity contribution in [2.24, 2.45) is 11.8 Å². The molecule has 1 aromatic rings. The Bertz CT molecular complexity index is 459. The molecule has 0 radical (unpaired) electrons. The van der Waals surface area contributed by atoms with Gasteiger partial charge in [-0.2, -0.15) is 0 Å². The smallest absolute Gasteiger partial charge is 0.408 e. The van der Waals surface area contributed by atoms with Crippen LogP contribution in [-0.4, -0.2) is 23.2 Å². The fourth-order valence-corrected chi connectivity index (χ4v) is 2.22. The van der Waals surface area contributed by atoms with Crippen molar-refractivity contribution in [3.63, 3.8) is 0 Å². The molecule has 0 fully saturated rings. The second kappa shape index (κ2) is 8.29. The zero-order valence-corrected chi connectivity index (χ0v) is 12.7. The number of hydrogen-bond donors (Lipinski definition) is 2. The SMILES string of the molecule is CC(C)CC(C)C(NC(=O)OCc1ccccc1)C(=O)O. The average Bonchev–Trinajstić information content (AvgIpc) is 2.42. The maximum Gasteiger partial charge on any atom is 0.408 e. The average molecular weight is 293 g/mol. The zero-order valence-electron chi connectivity index (χ0n) is 12.7. The summed E-state index contributed by atoms with van der Waals surface area (Å²) in [4.78, 5) is 23.0. The number of nitrogens with one attached hydrogen (secondary N) is 1. The molecule has 116 valence electrons. The van der Waals surface area contributed by atoms with Gasteiger partial charge in [-0.05, 0) is 23.8 Å². The van der Waals surface area contributed by atoms with Gasteiger partial charge in [-0.25, -0.2) is 9.59 Å². The number of hydrogen-bond acceptors (Lipinski definition) is 3. The summed E-state index contributed by atoms with van der Waals surface area (Å²) in [6.07, 6.45) is 0.0116. The van der Waals surface area contributed by atoms with Gasteiger partial charge in [0.05, 0.1) is 0 Å². The number of carbonyl (C=O) groups is 2. The third-order valence-electron chi connectivity index (χ3n) is 3.16. The lowest BCUT2D eigenvalue weighted by atomic mass is 9.92. The Morgan fingerprint density at radius 2 is 1.81 bits per heavy atom. The molecule has 2 unspecified atom stereocenters. The van der Waals surface area contributed by atoms with Crippen LogP contribution in [0.25, 0.3) is 0 Å². The molecule has 0 saturated carbocycles. The summed E-state index contributed by atoms with van der Waals surface area (Å²) in [5, 5.41) is 11.7. The van der Waals surface area contributed by atoms with Crippen LogP contribution >= 0.6 is 0 Å². The van der Waals surface area contributed by atoms with E-state index in [1.54, 1.807) is 0 Å². The van der Waals surface area contributed by atoms with E-state index in [0.29, 0.717) is 5.92 Å². The Morgan fingerprint density at radius 1 is 1.19 bits per heavy atom. The van der Waals surface area contributed by atoms with Gasteiger partial charge in [0.2, 0.25) is 0 Å². The summed E-state index contributed by atoms with van der Waals surface area (Å²) in [6, 6.07) is 8.31. The summed E-state index contributed by atoms with van der Waals surface area (Å²) < 4.78 is 5.05. The van der Waals surface area contributed by atoms with Crippen molar-refractivity contribution in [3.8, 4) is 0 Å². The first-order valence-electron chi connectivity index (χ1n) is 7.10. The third kappa shape index (κ3) is 6.29. The predicted molar refractivity (Wildman–Crippen MR) is 79.8 cm³/mol. The summed E-state index contributed by atoms with van der Waals surface area (Å²) in [5.74, 6) is -0.837. The lowest BCUT2D eigenvalue weighted by molar-refractivity contribution is -0.140. The normalized spacial score (nSPS) is 13.5. The number of carbonyl (C=O) groups excluding carboxylic acids is 1. The molecule has 0 heterocycles. The van der Waals surface area contributed by atoms with Crippen LogP contribution in [0, 0.1) is 11.8 Å². The predicted octanol–water partition coefficient (Wildman–Crippen LogP) is 3.05. The van der Waals surface area contributed by atoms with Crippen LogP contribution in [-0.2, 0) is 16.1 Å². The van der Waals surface area contributed by atoms with Crippen LogP contribution < -0.4 is 5.32 Å². The number of aliphatic carboxylic acids is 1. The molecule has 2 N–H and O–H groups in total. The molecular weight excluding hydrogens is 270 g/mol. The fraction of sp³-hybridized carbons (Fsp3) is 0.500. The quantitative estimate of drug-likeness (QED) is 0.810. The molecule has 0 bridgehead atoms. The number of carboxylic acid groups (broad SMARTS) is 1. The maximum atomic E-state index is 11.7. The lowest BCUT2D eigenvalue weighted by Gasteiger charge is -2.22. The summed E-state index contributed by atoms with van der Waals surface area (Å²) in [7, 11) is 0. The van der Waals surface area contributed by atoms with E-state index >= 15 is 0 Å². The minimum absolute atomic E-state index is 0.123. The van der Waals surface area contributed by atoms with Crippen LogP contribution in [0.5, 0.6) is 0 Å². The number of benzene rings is 1. The van der Waals surface area contributed by atoms with Crippen molar-refractivity contribution in [2.45, 2.75) is 39.8 Å². The highest BCUT2D eigenvalue weighted by atomic mass is 16.5. The highest BCUT2D eigenvalue weighted by Gasteiger charge is 2.27. The molecule has 0 aromatic heterocycles. The van der Waals surface area contributed by atoms with Gasteiger partial charge < -0.3 is 15.2 Å². The van der Waals surface area contributed by atoms with E-state index in [1.165, 1.54) is 0 Å². The highest BCUT2D eigenvalue weighted by Crippen LogP contribution is 2.15. The molecule has 0 aliphatic rings. The zero-order chi connectivity index (χ0) is 15.8. The van der Waals surface area contributed by atoms with Gasteiger partial charge >= 0.3 is 12.1 Å². The minimum atomic E-state index is -1.04. The van der Waals surface area contributed by atoms with Gasteiger partial charge in [-0.15, -0.1) is 0 Å². The van der Waals surface area contributed by atoms with E-state index in [0.717, 1.165) is 12.0 Å². The third-order valence-corrected chi connectivity index (χ3v) is 3.16. The molecule has 1 rings (SSSR count).